The molecule has 1 heterocycles. The second-order valence-corrected chi connectivity index (χ2v) is 7.49. The van der Waals surface area contributed by atoms with Crippen LogP contribution in [0.1, 0.15) is 37.7 Å². The van der Waals surface area contributed by atoms with Gasteiger partial charge in [-0.2, -0.15) is 5.10 Å². The molecule has 0 atom stereocenters. The highest BCUT2D eigenvalue weighted by molar-refractivity contribution is 9.10. The summed E-state index contributed by atoms with van der Waals surface area (Å²) in [5.74, 6) is 0. The third-order valence-electron chi connectivity index (χ3n) is 3.27. The highest BCUT2D eigenvalue weighted by Gasteiger charge is 2.14. The fourth-order valence-electron chi connectivity index (χ4n) is 2.06. The lowest BCUT2D eigenvalue weighted by Crippen LogP contribution is -2.35. The molecule has 0 unspecified atom stereocenters. The summed E-state index contributed by atoms with van der Waals surface area (Å²) in [7, 11) is 0. The molecule has 0 amide bonds. The number of halogens is 2. The molecule has 0 aliphatic carbocycles. The zero-order valence-electron chi connectivity index (χ0n) is 13.1. The number of aromatic nitrogens is 2. The second kappa shape index (κ2) is 6.11. The van der Waals surface area contributed by atoms with Crippen LogP contribution in [0.4, 0.5) is 0 Å². The predicted molar refractivity (Wildman–Crippen MR) is 92.3 cm³/mol. The molecule has 5 heteroatoms. The lowest BCUT2D eigenvalue weighted by Gasteiger charge is -2.20. The van der Waals surface area contributed by atoms with Crippen LogP contribution in [-0.2, 0) is 6.54 Å². The van der Waals surface area contributed by atoms with E-state index in [0.29, 0.717) is 5.02 Å². The smallest absolute Gasteiger partial charge is 0.0835 e. The van der Waals surface area contributed by atoms with E-state index < -0.39 is 0 Å². The summed E-state index contributed by atoms with van der Waals surface area (Å²) in [4.78, 5) is 0. The van der Waals surface area contributed by atoms with E-state index in [0.717, 1.165) is 28.1 Å². The van der Waals surface area contributed by atoms with Gasteiger partial charge in [0.1, 0.15) is 0 Å². The zero-order valence-corrected chi connectivity index (χ0v) is 15.4. The third-order valence-corrected chi connectivity index (χ3v) is 4.72. The standard InChI is InChI=1S/C16H21BrClN3/c1-10-15(17)11(2)21(20-10)14-7-6-12(8-13(14)18)9-19-16(3,4)5/h6-8,19H,9H2,1-5H3. The van der Waals surface area contributed by atoms with Crippen LogP contribution >= 0.6 is 27.5 Å². The average Bonchev–Trinajstić information content (AvgIpc) is 2.63. The quantitative estimate of drug-likeness (QED) is 0.841. The Hall–Kier alpha value is -0.840. The molecule has 0 spiro atoms. The van der Waals surface area contributed by atoms with E-state index in [1.165, 1.54) is 5.56 Å². The molecule has 0 aliphatic heterocycles. The molecular weight excluding hydrogens is 350 g/mol. The topological polar surface area (TPSA) is 29.9 Å². The summed E-state index contributed by atoms with van der Waals surface area (Å²) in [6, 6.07) is 6.11. The predicted octanol–water partition coefficient (Wildman–Crippen LogP) is 4.79. The van der Waals surface area contributed by atoms with Crippen LogP contribution < -0.4 is 5.32 Å². The van der Waals surface area contributed by atoms with Crippen molar-refractivity contribution >= 4 is 27.5 Å². The first-order valence-corrected chi connectivity index (χ1v) is 8.11. The van der Waals surface area contributed by atoms with Gasteiger partial charge in [0.2, 0.25) is 0 Å². The summed E-state index contributed by atoms with van der Waals surface area (Å²) in [6.07, 6.45) is 0. The zero-order chi connectivity index (χ0) is 15.8. The Bertz CT molecular complexity index is 656. The first-order chi connectivity index (χ1) is 9.69. The second-order valence-electron chi connectivity index (χ2n) is 6.29. The third kappa shape index (κ3) is 3.87. The van der Waals surface area contributed by atoms with Crippen LogP contribution in [0, 0.1) is 13.8 Å². The van der Waals surface area contributed by atoms with Crippen molar-refractivity contribution in [1.29, 1.82) is 0 Å². The van der Waals surface area contributed by atoms with Gasteiger partial charge in [-0.1, -0.05) is 17.7 Å². The summed E-state index contributed by atoms with van der Waals surface area (Å²) < 4.78 is 2.90. The lowest BCUT2D eigenvalue weighted by atomic mass is 10.1. The van der Waals surface area contributed by atoms with Gasteiger partial charge in [0, 0.05) is 12.1 Å². The van der Waals surface area contributed by atoms with Gasteiger partial charge < -0.3 is 5.32 Å². The highest BCUT2D eigenvalue weighted by atomic mass is 79.9. The van der Waals surface area contributed by atoms with E-state index in [2.05, 4.69) is 53.2 Å². The number of rotatable bonds is 3. The molecule has 0 saturated heterocycles. The number of nitrogens with zero attached hydrogens (tertiary/aromatic N) is 2. The number of aryl methyl sites for hydroxylation is 1. The summed E-state index contributed by atoms with van der Waals surface area (Å²) in [5, 5.41) is 8.70. The van der Waals surface area contributed by atoms with E-state index in [1.54, 1.807) is 0 Å². The van der Waals surface area contributed by atoms with Gasteiger partial charge in [0.15, 0.2) is 0 Å². The van der Waals surface area contributed by atoms with E-state index in [-0.39, 0.29) is 5.54 Å². The Morgan fingerprint density at radius 1 is 1.29 bits per heavy atom. The highest BCUT2D eigenvalue weighted by Crippen LogP contribution is 2.27. The first-order valence-electron chi connectivity index (χ1n) is 6.94. The van der Waals surface area contributed by atoms with Crippen LogP contribution in [0.25, 0.3) is 5.69 Å². The minimum absolute atomic E-state index is 0.0890. The molecule has 0 bridgehead atoms. The largest absolute Gasteiger partial charge is 0.308 e. The summed E-state index contributed by atoms with van der Waals surface area (Å²) in [6.45, 7) is 11.2. The maximum absolute atomic E-state index is 6.44. The fraction of sp³-hybridized carbons (Fsp3) is 0.438. The maximum atomic E-state index is 6.44. The average molecular weight is 371 g/mol. The Labute approximate surface area is 139 Å². The lowest BCUT2D eigenvalue weighted by molar-refractivity contribution is 0.424. The summed E-state index contributed by atoms with van der Waals surface area (Å²) in [5.41, 5.74) is 4.17. The van der Waals surface area contributed by atoms with Crippen LogP contribution in [0.2, 0.25) is 5.02 Å². The van der Waals surface area contributed by atoms with Crippen molar-refractivity contribution in [3.05, 3.63) is 44.6 Å². The fourth-order valence-corrected chi connectivity index (χ4v) is 2.59. The van der Waals surface area contributed by atoms with Crippen LogP contribution in [0.15, 0.2) is 22.7 Å². The Balaban J connectivity index is 2.29. The van der Waals surface area contributed by atoms with Crippen molar-refractivity contribution in [2.45, 2.75) is 46.7 Å². The monoisotopic (exact) mass is 369 g/mol. The van der Waals surface area contributed by atoms with Crippen molar-refractivity contribution in [1.82, 2.24) is 15.1 Å². The molecular formula is C16H21BrClN3. The number of hydrogen-bond donors (Lipinski definition) is 1. The molecule has 21 heavy (non-hydrogen) atoms. The normalized spacial score (nSPS) is 12.0. The van der Waals surface area contributed by atoms with Crippen molar-refractivity contribution in [3.63, 3.8) is 0 Å². The van der Waals surface area contributed by atoms with E-state index >= 15 is 0 Å². The molecule has 0 radical (unpaired) electrons. The van der Waals surface area contributed by atoms with Crippen molar-refractivity contribution < 1.29 is 0 Å². The Morgan fingerprint density at radius 2 is 1.95 bits per heavy atom. The maximum Gasteiger partial charge on any atom is 0.0835 e. The minimum atomic E-state index is 0.0890. The van der Waals surface area contributed by atoms with Crippen LogP contribution in [0.3, 0.4) is 0 Å². The van der Waals surface area contributed by atoms with Gasteiger partial charge in [-0.15, -0.1) is 0 Å². The molecule has 0 aliphatic rings. The number of nitrogens with one attached hydrogen (secondary N) is 1. The first kappa shape index (κ1) is 16.5. The number of hydrogen-bond acceptors (Lipinski definition) is 2. The molecule has 3 nitrogen and oxygen atoms in total. The molecule has 1 N–H and O–H groups in total. The molecule has 1 aromatic carbocycles. The van der Waals surface area contributed by atoms with Crippen LogP contribution in [-0.4, -0.2) is 15.3 Å². The minimum Gasteiger partial charge on any atom is -0.308 e. The molecule has 0 fully saturated rings. The van der Waals surface area contributed by atoms with Crippen molar-refractivity contribution in [2.75, 3.05) is 0 Å². The Morgan fingerprint density at radius 3 is 2.43 bits per heavy atom. The molecule has 1 aromatic heterocycles. The van der Waals surface area contributed by atoms with Gasteiger partial charge in [-0.25, -0.2) is 4.68 Å². The van der Waals surface area contributed by atoms with Crippen molar-refractivity contribution in [3.8, 4) is 5.69 Å². The molecule has 2 aromatic rings. The van der Waals surface area contributed by atoms with E-state index in [1.807, 2.05) is 30.7 Å². The van der Waals surface area contributed by atoms with Gasteiger partial charge in [-0.3, -0.25) is 0 Å². The molecule has 2 rings (SSSR count). The van der Waals surface area contributed by atoms with Gasteiger partial charge in [-0.05, 0) is 68.2 Å². The Kier molecular flexibility index (Phi) is 4.81. The summed E-state index contributed by atoms with van der Waals surface area (Å²) >= 11 is 9.99. The number of benzene rings is 1. The van der Waals surface area contributed by atoms with E-state index in [4.69, 9.17) is 11.6 Å². The van der Waals surface area contributed by atoms with Gasteiger partial charge in [0.05, 0.1) is 26.6 Å². The van der Waals surface area contributed by atoms with Crippen LogP contribution in [0.5, 0.6) is 0 Å². The van der Waals surface area contributed by atoms with E-state index in [9.17, 15) is 0 Å². The molecule has 114 valence electrons. The molecule has 0 saturated carbocycles. The SMILES string of the molecule is Cc1nn(-c2ccc(CNC(C)(C)C)cc2Cl)c(C)c1Br. The van der Waals surface area contributed by atoms with Gasteiger partial charge >= 0.3 is 0 Å². The van der Waals surface area contributed by atoms with Gasteiger partial charge in [0.25, 0.3) is 0 Å². The van der Waals surface area contributed by atoms with Crippen molar-refractivity contribution in [2.24, 2.45) is 0 Å².